The maximum Gasteiger partial charge on any atom is 0.293 e. The minimum atomic E-state index is -0.571. The van der Waals surface area contributed by atoms with E-state index in [-0.39, 0.29) is 18.1 Å². The van der Waals surface area contributed by atoms with Crippen molar-refractivity contribution < 1.29 is 9.90 Å². The number of piperidine rings is 1. The number of H-pyrrole nitrogens is 1. The Bertz CT molecular complexity index is 1410. The normalized spacial score (nSPS) is 13.3. The van der Waals surface area contributed by atoms with Gasteiger partial charge in [0.25, 0.3) is 11.5 Å². The molecule has 8 nitrogen and oxygen atoms in total. The predicted molar refractivity (Wildman–Crippen MR) is 143 cm³/mol. The summed E-state index contributed by atoms with van der Waals surface area (Å²) in [6.45, 7) is 1.78. The first-order valence-electron chi connectivity index (χ1n) is 12.1. The number of aromatic nitrogens is 2. The van der Waals surface area contributed by atoms with Crippen LogP contribution in [0.5, 0.6) is 5.75 Å². The van der Waals surface area contributed by atoms with Crippen molar-refractivity contribution in [3.05, 3.63) is 87.6 Å². The molecule has 1 saturated heterocycles. The fraction of sp³-hybridized carbons (Fsp3) is 0.276. The molecule has 2 heterocycles. The lowest BCUT2D eigenvalue weighted by Gasteiger charge is -2.35. The summed E-state index contributed by atoms with van der Waals surface area (Å²) >= 11 is 0. The second kappa shape index (κ2) is 11.9. The van der Waals surface area contributed by atoms with Crippen molar-refractivity contribution in [1.29, 1.82) is 0 Å². The number of amides is 1. The molecular formula is C29H29N5O3. The third-order valence-electron chi connectivity index (χ3n) is 6.34. The molecule has 0 bridgehead atoms. The van der Waals surface area contributed by atoms with Crippen LogP contribution >= 0.6 is 0 Å². The molecule has 1 aromatic heterocycles. The van der Waals surface area contributed by atoms with Gasteiger partial charge in [-0.2, -0.15) is 0 Å². The molecule has 0 atom stereocenters. The van der Waals surface area contributed by atoms with E-state index in [2.05, 4.69) is 58.0 Å². The van der Waals surface area contributed by atoms with Crippen molar-refractivity contribution in [2.45, 2.75) is 25.4 Å². The van der Waals surface area contributed by atoms with Crippen molar-refractivity contribution in [1.82, 2.24) is 19.8 Å². The summed E-state index contributed by atoms with van der Waals surface area (Å²) in [7, 11) is 4.18. The molecule has 3 N–H and O–H groups in total. The topological polar surface area (TPSA) is 102 Å². The first-order chi connectivity index (χ1) is 17.9. The van der Waals surface area contributed by atoms with Gasteiger partial charge in [0.1, 0.15) is 5.69 Å². The minimum Gasteiger partial charge on any atom is -0.502 e. The van der Waals surface area contributed by atoms with Gasteiger partial charge in [-0.3, -0.25) is 9.59 Å². The minimum absolute atomic E-state index is 0.0694. The van der Waals surface area contributed by atoms with Crippen LogP contribution in [0.25, 0.3) is 0 Å². The number of likely N-dealkylation sites (tertiary alicyclic amines) is 1. The van der Waals surface area contributed by atoms with Gasteiger partial charge in [0.15, 0.2) is 0 Å². The van der Waals surface area contributed by atoms with Gasteiger partial charge in [-0.05, 0) is 87.3 Å². The molecule has 1 amide bonds. The lowest BCUT2D eigenvalue weighted by molar-refractivity contribution is 0.0663. The van der Waals surface area contributed by atoms with Crippen LogP contribution in [0.1, 0.15) is 40.0 Å². The first kappa shape index (κ1) is 25.6. The van der Waals surface area contributed by atoms with Crippen molar-refractivity contribution in [2.75, 3.05) is 32.5 Å². The predicted octanol–water partition coefficient (Wildman–Crippen LogP) is 2.66. The van der Waals surface area contributed by atoms with Crippen LogP contribution in [-0.4, -0.2) is 64.0 Å². The Hall–Kier alpha value is -4.53. The monoisotopic (exact) mass is 495 g/mol. The molecule has 1 fully saturated rings. The zero-order valence-corrected chi connectivity index (χ0v) is 20.9. The maximum absolute atomic E-state index is 12.8. The van der Waals surface area contributed by atoms with Gasteiger partial charge in [-0.15, -0.1) is 0 Å². The zero-order chi connectivity index (χ0) is 26.2. The van der Waals surface area contributed by atoms with Gasteiger partial charge in [0.05, 0.1) is 12.9 Å². The highest BCUT2D eigenvalue weighted by Crippen LogP contribution is 2.17. The van der Waals surface area contributed by atoms with Gasteiger partial charge >= 0.3 is 0 Å². The number of aromatic hydroxyl groups is 1. The Morgan fingerprint density at radius 1 is 1.05 bits per heavy atom. The molecule has 188 valence electrons. The Morgan fingerprint density at radius 3 is 2.24 bits per heavy atom. The quantitative estimate of drug-likeness (QED) is 0.471. The van der Waals surface area contributed by atoms with Crippen LogP contribution in [0.2, 0.25) is 0 Å². The number of nitrogens with zero attached hydrogens (tertiary/aromatic N) is 3. The largest absolute Gasteiger partial charge is 0.502 e. The Balaban J connectivity index is 1.29. The summed E-state index contributed by atoms with van der Waals surface area (Å²) in [5.41, 5.74) is 2.78. The third-order valence-corrected chi connectivity index (χ3v) is 6.34. The molecule has 4 rings (SSSR count). The van der Waals surface area contributed by atoms with E-state index in [0.29, 0.717) is 11.6 Å². The molecule has 0 aliphatic carbocycles. The SMILES string of the molecule is CN(C)C1CCN(C(=O)c2ccc(C#CC#Cc3ccc(NCc4nc[nH]c(=O)c4O)cc3)cc2)CC1. The Labute approximate surface area is 216 Å². The molecule has 3 aromatic rings. The van der Waals surface area contributed by atoms with Crippen LogP contribution in [0.3, 0.4) is 0 Å². The summed E-state index contributed by atoms with van der Waals surface area (Å²) in [6, 6.07) is 15.3. The number of aromatic amines is 1. The summed E-state index contributed by atoms with van der Waals surface area (Å²) in [6.07, 6.45) is 3.25. The smallest absolute Gasteiger partial charge is 0.293 e. The molecule has 0 spiro atoms. The van der Waals surface area contributed by atoms with Gasteiger partial charge in [0, 0.05) is 41.5 Å². The lowest BCUT2D eigenvalue weighted by atomic mass is 10.0. The first-order valence-corrected chi connectivity index (χ1v) is 12.1. The number of carbonyl (C=O) groups is 1. The zero-order valence-electron chi connectivity index (χ0n) is 20.9. The molecular weight excluding hydrogens is 466 g/mol. The number of nitrogens with one attached hydrogen (secondary N) is 2. The molecule has 0 saturated carbocycles. The van der Waals surface area contributed by atoms with Crippen LogP contribution < -0.4 is 10.9 Å². The number of hydrogen-bond donors (Lipinski definition) is 3. The number of benzene rings is 2. The van der Waals surface area contributed by atoms with E-state index in [1.807, 2.05) is 53.4 Å². The summed E-state index contributed by atoms with van der Waals surface area (Å²) in [4.78, 5) is 34.7. The van der Waals surface area contributed by atoms with Crippen LogP contribution in [0.4, 0.5) is 5.69 Å². The number of rotatable bonds is 5. The third kappa shape index (κ3) is 6.78. The molecule has 1 aliphatic rings. The van der Waals surface area contributed by atoms with E-state index >= 15 is 0 Å². The van der Waals surface area contributed by atoms with Gasteiger partial charge in [-0.25, -0.2) is 4.98 Å². The lowest BCUT2D eigenvalue weighted by Crippen LogP contribution is -2.44. The maximum atomic E-state index is 12.8. The van der Waals surface area contributed by atoms with E-state index in [1.165, 1.54) is 6.33 Å². The molecule has 0 unspecified atom stereocenters. The highest BCUT2D eigenvalue weighted by Gasteiger charge is 2.24. The second-order valence-electron chi connectivity index (χ2n) is 9.02. The van der Waals surface area contributed by atoms with Gasteiger partial charge in [0.2, 0.25) is 5.75 Å². The molecule has 0 radical (unpaired) electrons. The summed E-state index contributed by atoms with van der Waals surface area (Å²) < 4.78 is 0. The highest BCUT2D eigenvalue weighted by molar-refractivity contribution is 5.94. The van der Waals surface area contributed by atoms with E-state index in [0.717, 1.165) is 42.7 Å². The van der Waals surface area contributed by atoms with E-state index < -0.39 is 11.3 Å². The van der Waals surface area contributed by atoms with E-state index in [4.69, 9.17) is 0 Å². The van der Waals surface area contributed by atoms with Crippen molar-refractivity contribution >= 4 is 11.6 Å². The second-order valence-corrected chi connectivity index (χ2v) is 9.02. The molecule has 37 heavy (non-hydrogen) atoms. The molecule has 8 heteroatoms. The van der Waals surface area contributed by atoms with Crippen molar-refractivity contribution in [3.63, 3.8) is 0 Å². The fourth-order valence-corrected chi connectivity index (χ4v) is 4.09. The fourth-order valence-electron chi connectivity index (χ4n) is 4.09. The van der Waals surface area contributed by atoms with Crippen molar-refractivity contribution in [2.24, 2.45) is 0 Å². The van der Waals surface area contributed by atoms with Gasteiger partial charge < -0.3 is 25.2 Å². The van der Waals surface area contributed by atoms with Crippen molar-refractivity contribution in [3.8, 4) is 29.4 Å². The van der Waals surface area contributed by atoms with E-state index in [1.54, 1.807) is 0 Å². The molecule has 2 aromatic carbocycles. The molecule has 1 aliphatic heterocycles. The Kier molecular flexibility index (Phi) is 8.25. The summed E-state index contributed by atoms with van der Waals surface area (Å²) in [5, 5.41) is 12.8. The average molecular weight is 496 g/mol. The van der Waals surface area contributed by atoms with Crippen LogP contribution in [0, 0.1) is 23.7 Å². The number of anilines is 1. The average Bonchev–Trinajstić information content (AvgIpc) is 2.92. The standard InChI is InChI=1S/C29H29N5O3/c1-33(2)25-15-17-34(18-16-25)29(37)23-11-7-21(8-12-23)5-3-4-6-22-9-13-24(14-10-22)30-19-26-27(35)28(36)32-20-31-26/h7-14,20,25,30,35H,15-19H2,1-2H3,(H,31,32,36). The van der Waals surface area contributed by atoms with Gasteiger partial charge in [-0.1, -0.05) is 11.8 Å². The van der Waals surface area contributed by atoms with Crippen LogP contribution in [0.15, 0.2) is 59.7 Å². The Morgan fingerprint density at radius 2 is 1.65 bits per heavy atom. The highest BCUT2D eigenvalue weighted by atomic mass is 16.3. The van der Waals surface area contributed by atoms with E-state index in [9.17, 15) is 14.7 Å². The number of hydrogen-bond acceptors (Lipinski definition) is 6. The number of carbonyl (C=O) groups excluding carboxylic acids is 1. The van der Waals surface area contributed by atoms with Crippen LogP contribution in [-0.2, 0) is 6.54 Å². The summed E-state index contributed by atoms with van der Waals surface area (Å²) in [5.74, 6) is 11.4.